The van der Waals surface area contributed by atoms with Crippen molar-refractivity contribution < 1.29 is 9.47 Å². The number of hydrogen-bond acceptors (Lipinski definition) is 6. The molecule has 1 heterocycles. The summed E-state index contributed by atoms with van der Waals surface area (Å²) in [5.41, 5.74) is 6.60. The van der Waals surface area contributed by atoms with Crippen molar-refractivity contribution in [2.24, 2.45) is 0 Å². The predicted molar refractivity (Wildman–Crippen MR) is 82.5 cm³/mol. The Kier molecular flexibility index (Phi) is 5.19. The highest BCUT2D eigenvalue weighted by atomic mass is 35.5. The van der Waals surface area contributed by atoms with Gasteiger partial charge in [0.2, 0.25) is 0 Å². The molecule has 0 radical (unpaired) electrons. The number of ether oxygens (including phenoxy) is 2. The van der Waals surface area contributed by atoms with Gasteiger partial charge in [0.1, 0.15) is 24.0 Å². The number of benzene rings is 1. The van der Waals surface area contributed by atoms with Gasteiger partial charge in [-0.3, -0.25) is 0 Å². The molecule has 0 bridgehead atoms. The summed E-state index contributed by atoms with van der Waals surface area (Å²) in [6, 6.07) is 7.16. The number of aromatic nitrogens is 2. The van der Waals surface area contributed by atoms with Crippen LogP contribution in [0.15, 0.2) is 24.3 Å². The van der Waals surface area contributed by atoms with E-state index in [0.29, 0.717) is 41.4 Å². The zero-order valence-electron chi connectivity index (χ0n) is 11.9. The fourth-order valence-electron chi connectivity index (χ4n) is 1.88. The summed E-state index contributed by atoms with van der Waals surface area (Å²) in [6.07, 6.45) is 0. The lowest BCUT2D eigenvalue weighted by Crippen LogP contribution is -2.08. The van der Waals surface area contributed by atoms with Gasteiger partial charge in [-0.1, -0.05) is 17.7 Å². The summed E-state index contributed by atoms with van der Waals surface area (Å²) < 4.78 is 10.3. The minimum Gasteiger partial charge on any atom is -0.496 e. The Morgan fingerprint density at radius 3 is 2.81 bits per heavy atom. The summed E-state index contributed by atoms with van der Waals surface area (Å²) in [5, 5.41) is 3.79. The van der Waals surface area contributed by atoms with E-state index in [1.54, 1.807) is 20.3 Å². The molecule has 0 unspecified atom stereocenters. The molecule has 0 aliphatic carbocycles. The van der Waals surface area contributed by atoms with Gasteiger partial charge in [-0.15, -0.1) is 0 Å². The molecule has 0 aliphatic heterocycles. The van der Waals surface area contributed by atoms with Crippen molar-refractivity contribution >= 4 is 23.2 Å². The Hall–Kier alpha value is -2.05. The average Bonchev–Trinajstić information content (AvgIpc) is 2.45. The Balaban J connectivity index is 2.16. The van der Waals surface area contributed by atoms with Crippen LogP contribution in [0.25, 0.3) is 0 Å². The molecule has 2 rings (SSSR count). The van der Waals surface area contributed by atoms with Crippen LogP contribution < -0.4 is 15.8 Å². The minimum absolute atomic E-state index is 0.301. The first-order valence-corrected chi connectivity index (χ1v) is 6.69. The van der Waals surface area contributed by atoms with Crippen LogP contribution in [-0.2, 0) is 17.9 Å². The van der Waals surface area contributed by atoms with E-state index >= 15 is 0 Å². The molecule has 3 N–H and O–H groups in total. The smallest absolute Gasteiger partial charge is 0.158 e. The molecule has 2 aromatic rings. The summed E-state index contributed by atoms with van der Waals surface area (Å²) in [5.74, 6) is 2.22. The molecule has 0 saturated carbocycles. The van der Waals surface area contributed by atoms with E-state index in [-0.39, 0.29) is 0 Å². The third kappa shape index (κ3) is 3.96. The molecule has 0 saturated heterocycles. The largest absolute Gasteiger partial charge is 0.496 e. The molecule has 0 aliphatic rings. The van der Waals surface area contributed by atoms with Crippen LogP contribution in [0.5, 0.6) is 5.75 Å². The van der Waals surface area contributed by atoms with E-state index in [2.05, 4.69) is 15.3 Å². The maximum atomic E-state index is 6.19. The highest BCUT2D eigenvalue weighted by Crippen LogP contribution is 2.27. The highest BCUT2D eigenvalue weighted by Gasteiger charge is 2.08. The fourth-order valence-corrected chi connectivity index (χ4v) is 2.12. The van der Waals surface area contributed by atoms with Gasteiger partial charge >= 0.3 is 0 Å². The van der Waals surface area contributed by atoms with Crippen LogP contribution in [-0.4, -0.2) is 24.2 Å². The van der Waals surface area contributed by atoms with Gasteiger partial charge in [0.25, 0.3) is 0 Å². The molecule has 0 spiro atoms. The van der Waals surface area contributed by atoms with E-state index < -0.39 is 0 Å². The monoisotopic (exact) mass is 308 g/mol. The number of rotatable bonds is 6. The minimum atomic E-state index is 0.301. The quantitative estimate of drug-likeness (QED) is 0.853. The first-order chi connectivity index (χ1) is 10.1. The van der Waals surface area contributed by atoms with Gasteiger partial charge < -0.3 is 20.5 Å². The number of anilines is 2. The summed E-state index contributed by atoms with van der Waals surface area (Å²) >= 11 is 6.19. The standard InChI is InChI=1S/C14H17ClN4O2/c1-20-8-14-18-12(16)6-13(19-14)17-7-9-10(15)4-3-5-11(9)21-2/h3-6H,7-8H2,1-2H3,(H3,16,17,18,19). The molecule has 21 heavy (non-hydrogen) atoms. The maximum absolute atomic E-state index is 6.19. The predicted octanol–water partition coefficient (Wildman–Crippen LogP) is 2.48. The summed E-state index contributed by atoms with van der Waals surface area (Å²) in [6.45, 7) is 0.765. The van der Waals surface area contributed by atoms with E-state index in [4.69, 9.17) is 26.8 Å². The van der Waals surface area contributed by atoms with Crippen molar-refractivity contribution in [2.45, 2.75) is 13.2 Å². The highest BCUT2D eigenvalue weighted by molar-refractivity contribution is 6.31. The Morgan fingerprint density at radius 1 is 1.29 bits per heavy atom. The first-order valence-electron chi connectivity index (χ1n) is 6.31. The molecule has 7 heteroatoms. The lowest BCUT2D eigenvalue weighted by molar-refractivity contribution is 0.178. The van der Waals surface area contributed by atoms with Crippen molar-refractivity contribution in [3.05, 3.63) is 40.7 Å². The molecular weight excluding hydrogens is 292 g/mol. The van der Waals surface area contributed by atoms with Crippen LogP contribution in [0, 0.1) is 0 Å². The zero-order chi connectivity index (χ0) is 15.2. The number of nitrogens with zero attached hydrogens (tertiary/aromatic N) is 2. The number of methoxy groups -OCH3 is 2. The second kappa shape index (κ2) is 7.10. The Bertz CT molecular complexity index is 622. The van der Waals surface area contributed by atoms with Gasteiger partial charge in [-0.2, -0.15) is 0 Å². The van der Waals surface area contributed by atoms with Gasteiger partial charge in [0.05, 0.1) is 7.11 Å². The first kappa shape index (κ1) is 15.3. The van der Waals surface area contributed by atoms with Crippen molar-refractivity contribution in [3.8, 4) is 5.75 Å². The summed E-state index contributed by atoms with van der Waals surface area (Å²) in [4.78, 5) is 8.39. The molecule has 0 atom stereocenters. The third-order valence-electron chi connectivity index (χ3n) is 2.81. The van der Waals surface area contributed by atoms with Crippen LogP contribution >= 0.6 is 11.6 Å². The van der Waals surface area contributed by atoms with E-state index in [1.807, 2.05) is 18.2 Å². The Labute approximate surface area is 128 Å². The van der Waals surface area contributed by atoms with Crippen molar-refractivity contribution in [2.75, 3.05) is 25.3 Å². The lowest BCUT2D eigenvalue weighted by atomic mass is 10.2. The van der Waals surface area contributed by atoms with Crippen molar-refractivity contribution in [1.82, 2.24) is 9.97 Å². The van der Waals surface area contributed by atoms with Crippen LogP contribution in [0.1, 0.15) is 11.4 Å². The molecule has 112 valence electrons. The van der Waals surface area contributed by atoms with E-state index in [9.17, 15) is 0 Å². The summed E-state index contributed by atoms with van der Waals surface area (Å²) in [7, 11) is 3.18. The number of nitrogen functional groups attached to an aromatic ring is 1. The average molecular weight is 309 g/mol. The molecule has 1 aromatic carbocycles. The van der Waals surface area contributed by atoms with Gasteiger partial charge in [-0.05, 0) is 12.1 Å². The molecular formula is C14H17ClN4O2. The topological polar surface area (TPSA) is 82.3 Å². The third-order valence-corrected chi connectivity index (χ3v) is 3.16. The molecule has 6 nitrogen and oxygen atoms in total. The number of halogens is 1. The Morgan fingerprint density at radius 2 is 2.10 bits per heavy atom. The van der Waals surface area contributed by atoms with Gasteiger partial charge in [0, 0.05) is 30.3 Å². The molecule has 0 fully saturated rings. The normalized spacial score (nSPS) is 10.4. The second-order valence-corrected chi connectivity index (χ2v) is 4.71. The fraction of sp³-hybridized carbons (Fsp3) is 0.286. The van der Waals surface area contributed by atoms with Gasteiger partial charge in [0.15, 0.2) is 5.82 Å². The maximum Gasteiger partial charge on any atom is 0.158 e. The lowest BCUT2D eigenvalue weighted by Gasteiger charge is -2.12. The number of hydrogen-bond donors (Lipinski definition) is 2. The molecule has 1 aromatic heterocycles. The van der Waals surface area contributed by atoms with Gasteiger partial charge in [-0.25, -0.2) is 9.97 Å². The SMILES string of the molecule is COCc1nc(N)cc(NCc2c(Cl)cccc2OC)n1. The molecule has 0 amide bonds. The number of nitrogens with two attached hydrogens (primary N) is 1. The van der Waals surface area contributed by atoms with E-state index in [0.717, 1.165) is 5.56 Å². The van der Waals surface area contributed by atoms with E-state index in [1.165, 1.54) is 0 Å². The van der Waals surface area contributed by atoms with Crippen LogP contribution in [0.4, 0.5) is 11.6 Å². The second-order valence-electron chi connectivity index (χ2n) is 4.30. The van der Waals surface area contributed by atoms with Crippen molar-refractivity contribution in [1.29, 1.82) is 0 Å². The number of nitrogens with one attached hydrogen (secondary N) is 1. The van der Waals surface area contributed by atoms with Crippen LogP contribution in [0.3, 0.4) is 0 Å². The van der Waals surface area contributed by atoms with Crippen molar-refractivity contribution in [3.63, 3.8) is 0 Å². The zero-order valence-corrected chi connectivity index (χ0v) is 12.6. The van der Waals surface area contributed by atoms with Crippen LogP contribution in [0.2, 0.25) is 5.02 Å².